The van der Waals surface area contributed by atoms with E-state index >= 15 is 0 Å². The van der Waals surface area contributed by atoms with Gasteiger partial charge in [0.2, 0.25) is 0 Å². The lowest BCUT2D eigenvalue weighted by atomic mass is 9.87. The van der Waals surface area contributed by atoms with E-state index in [1.165, 1.54) is 18.2 Å². The second kappa shape index (κ2) is 2.89. The number of ketones is 1. The van der Waals surface area contributed by atoms with Crippen LogP contribution in [0.4, 0.5) is 4.39 Å². The van der Waals surface area contributed by atoms with Gasteiger partial charge in [0, 0.05) is 5.56 Å². The van der Waals surface area contributed by atoms with Crippen molar-refractivity contribution in [3.8, 4) is 0 Å². The molecule has 0 aliphatic heterocycles. The minimum Gasteiger partial charge on any atom is -0.395 e. The molecule has 0 unspecified atom stereocenters. The maximum atomic E-state index is 12.9. The lowest BCUT2D eigenvalue weighted by molar-refractivity contribution is 0.0722. The molecule has 1 aliphatic rings. The van der Waals surface area contributed by atoms with Crippen LogP contribution in [0.15, 0.2) is 18.2 Å². The fourth-order valence-corrected chi connectivity index (χ4v) is 1.88. The van der Waals surface area contributed by atoms with Gasteiger partial charge in [-0.05, 0) is 37.1 Å². The number of benzene rings is 1. The third-order valence-electron chi connectivity index (χ3n) is 2.79. The molecule has 0 radical (unpaired) electrons. The Morgan fingerprint density at radius 2 is 2.29 bits per heavy atom. The van der Waals surface area contributed by atoms with Crippen LogP contribution in [0.25, 0.3) is 0 Å². The summed E-state index contributed by atoms with van der Waals surface area (Å²) in [6.07, 6.45) is 0.426. The summed E-state index contributed by atoms with van der Waals surface area (Å²) in [5, 5.41) is 9.12. The van der Waals surface area contributed by atoms with Crippen molar-refractivity contribution in [1.82, 2.24) is 0 Å². The first-order chi connectivity index (χ1) is 6.57. The van der Waals surface area contributed by atoms with Crippen LogP contribution >= 0.6 is 0 Å². The minimum atomic E-state index is -0.754. The molecule has 0 saturated carbocycles. The Morgan fingerprint density at radius 1 is 1.57 bits per heavy atom. The largest absolute Gasteiger partial charge is 0.395 e. The van der Waals surface area contributed by atoms with Crippen molar-refractivity contribution in [3.05, 3.63) is 35.1 Å². The summed E-state index contributed by atoms with van der Waals surface area (Å²) in [5.41, 5.74) is 0.491. The first-order valence-electron chi connectivity index (χ1n) is 4.51. The van der Waals surface area contributed by atoms with E-state index in [0.717, 1.165) is 0 Å². The number of halogens is 1. The summed E-state index contributed by atoms with van der Waals surface area (Å²) in [6.45, 7) is 1.51. The van der Waals surface area contributed by atoms with Gasteiger partial charge in [0.1, 0.15) is 5.82 Å². The van der Waals surface area contributed by atoms with Crippen molar-refractivity contribution in [1.29, 1.82) is 0 Å². The molecule has 1 N–H and O–H groups in total. The molecule has 0 bridgehead atoms. The maximum absolute atomic E-state index is 12.9. The van der Waals surface area contributed by atoms with Crippen LogP contribution in [0.2, 0.25) is 0 Å². The zero-order valence-corrected chi connectivity index (χ0v) is 7.88. The number of hydrogen-bond acceptors (Lipinski definition) is 2. The van der Waals surface area contributed by atoms with Gasteiger partial charge in [-0.25, -0.2) is 4.39 Å². The van der Waals surface area contributed by atoms with Crippen LogP contribution in [0, 0.1) is 11.2 Å². The Bertz CT molecular complexity index is 400. The van der Waals surface area contributed by atoms with E-state index in [4.69, 9.17) is 5.11 Å². The van der Waals surface area contributed by atoms with Gasteiger partial charge in [-0.1, -0.05) is 0 Å². The van der Waals surface area contributed by atoms with Gasteiger partial charge in [0.05, 0.1) is 12.0 Å². The number of fused-ring (bicyclic) bond motifs is 1. The van der Waals surface area contributed by atoms with E-state index in [0.29, 0.717) is 17.5 Å². The first-order valence-corrected chi connectivity index (χ1v) is 4.51. The zero-order valence-electron chi connectivity index (χ0n) is 7.88. The van der Waals surface area contributed by atoms with E-state index in [2.05, 4.69) is 0 Å². The Balaban J connectivity index is 2.51. The lowest BCUT2D eigenvalue weighted by Crippen LogP contribution is -2.28. The Kier molecular flexibility index (Phi) is 1.93. The van der Waals surface area contributed by atoms with Gasteiger partial charge < -0.3 is 5.11 Å². The van der Waals surface area contributed by atoms with E-state index in [1.54, 1.807) is 6.92 Å². The van der Waals surface area contributed by atoms with E-state index < -0.39 is 5.41 Å². The second-order valence-electron chi connectivity index (χ2n) is 4.03. The van der Waals surface area contributed by atoms with E-state index in [1.807, 2.05) is 0 Å². The van der Waals surface area contributed by atoms with Gasteiger partial charge >= 0.3 is 0 Å². The lowest BCUT2D eigenvalue weighted by Gasteiger charge is -2.17. The normalized spacial score (nSPS) is 25.2. The van der Waals surface area contributed by atoms with Crippen molar-refractivity contribution in [2.45, 2.75) is 13.3 Å². The van der Waals surface area contributed by atoms with E-state index in [-0.39, 0.29) is 18.2 Å². The first kappa shape index (κ1) is 9.34. The molecule has 3 heteroatoms. The summed E-state index contributed by atoms with van der Waals surface area (Å²) >= 11 is 0. The molecule has 1 aromatic carbocycles. The molecule has 0 amide bonds. The Hall–Kier alpha value is -1.22. The summed E-state index contributed by atoms with van der Waals surface area (Å²) < 4.78 is 12.9. The molecule has 0 aromatic heterocycles. The van der Waals surface area contributed by atoms with Crippen molar-refractivity contribution in [2.24, 2.45) is 5.41 Å². The van der Waals surface area contributed by atoms with Crippen LogP contribution < -0.4 is 0 Å². The van der Waals surface area contributed by atoms with Gasteiger partial charge in [0.25, 0.3) is 0 Å². The highest BCUT2D eigenvalue weighted by molar-refractivity contribution is 6.04. The molecule has 14 heavy (non-hydrogen) atoms. The predicted octanol–water partition coefficient (Wildman–Crippen LogP) is 1.56. The van der Waals surface area contributed by atoms with Crippen molar-refractivity contribution >= 4 is 5.78 Å². The van der Waals surface area contributed by atoms with Crippen molar-refractivity contribution < 1.29 is 14.3 Å². The molecule has 0 heterocycles. The molecule has 2 nitrogen and oxygen atoms in total. The summed E-state index contributed by atoms with van der Waals surface area (Å²) in [6, 6.07) is 4.14. The second-order valence-corrected chi connectivity index (χ2v) is 4.03. The number of aliphatic hydroxyl groups is 1. The zero-order chi connectivity index (χ0) is 10.3. The Labute approximate surface area is 81.4 Å². The number of carbonyl (C=O) groups is 1. The minimum absolute atomic E-state index is 0.0880. The summed E-state index contributed by atoms with van der Waals surface area (Å²) in [7, 11) is 0. The topological polar surface area (TPSA) is 37.3 Å². The van der Waals surface area contributed by atoms with Gasteiger partial charge in [-0.3, -0.25) is 4.79 Å². The molecular weight excluding hydrogens is 183 g/mol. The van der Waals surface area contributed by atoms with Crippen molar-refractivity contribution in [2.75, 3.05) is 6.61 Å². The summed E-state index contributed by atoms with van der Waals surface area (Å²) in [5.74, 6) is -0.422. The monoisotopic (exact) mass is 194 g/mol. The molecule has 74 valence electrons. The molecule has 1 aromatic rings. The van der Waals surface area contributed by atoms with Crippen LogP contribution in [0.1, 0.15) is 22.8 Å². The molecular formula is C11H11FO2. The number of rotatable bonds is 1. The van der Waals surface area contributed by atoms with E-state index in [9.17, 15) is 9.18 Å². The fraction of sp³-hybridized carbons (Fsp3) is 0.364. The number of hydrogen-bond donors (Lipinski definition) is 1. The molecule has 0 fully saturated rings. The standard InChI is InChI=1S/C11H11FO2/c1-11(6-13)5-7-4-8(12)2-3-9(7)10(11)14/h2-4,13H,5-6H2,1H3/t11-/m1/s1. The Morgan fingerprint density at radius 3 is 2.93 bits per heavy atom. The highest BCUT2D eigenvalue weighted by Crippen LogP contribution is 2.36. The molecule has 0 saturated heterocycles. The third-order valence-corrected chi connectivity index (χ3v) is 2.79. The van der Waals surface area contributed by atoms with Gasteiger partial charge in [-0.15, -0.1) is 0 Å². The predicted molar refractivity (Wildman–Crippen MR) is 49.6 cm³/mol. The molecule has 0 spiro atoms. The SMILES string of the molecule is C[C@]1(CO)Cc2cc(F)ccc2C1=O. The van der Waals surface area contributed by atoms with Crippen LogP contribution in [0.3, 0.4) is 0 Å². The van der Waals surface area contributed by atoms with Crippen LogP contribution in [-0.4, -0.2) is 17.5 Å². The smallest absolute Gasteiger partial charge is 0.171 e. The number of carbonyl (C=O) groups excluding carboxylic acids is 1. The molecule has 1 atom stereocenters. The average Bonchev–Trinajstić information content (AvgIpc) is 2.40. The molecule has 2 rings (SSSR count). The number of Topliss-reactive ketones (excluding diaryl/α,β-unsaturated/α-hetero) is 1. The third kappa shape index (κ3) is 1.16. The highest BCUT2D eigenvalue weighted by Gasteiger charge is 2.40. The quantitative estimate of drug-likeness (QED) is 0.736. The van der Waals surface area contributed by atoms with Crippen LogP contribution in [-0.2, 0) is 6.42 Å². The highest BCUT2D eigenvalue weighted by atomic mass is 19.1. The van der Waals surface area contributed by atoms with Gasteiger partial charge in [-0.2, -0.15) is 0 Å². The van der Waals surface area contributed by atoms with Crippen molar-refractivity contribution in [3.63, 3.8) is 0 Å². The molecule has 1 aliphatic carbocycles. The van der Waals surface area contributed by atoms with Gasteiger partial charge in [0.15, 0.2) is 5.78 Å². The van der Waals surface area contributed by atoms with Crippen LogP contribution in [0.5, 0.6) is 0 Å². The summed E-state index contributed by atoms with van der Waals surface area (Å²) in [4.78, 5) is 11.8. The fourth-order valence-electron chi connectivity index (χ4n) is 1.88. The average molecular weight is 194 g/mol. The number of aliphatic hydroxyl groups excluding tert-OH is 1. The maximum Gasteiger partial charge on any atom is 0.171 e.